The number of ether oxygens (including phenoxy) is 2. The Kier molecular flexibility index (Phi) is 6.06. The summed E-state index contributed by atoms with van der Waals surface area (Å²) in [6.45, 7) is 0.637. The van der Waals surface area contributed by atoms with Crippen LogP contribution in [0.1, 0.15) is 11.1 Å². The number of nitrogens with zero attached hydrogens (tertiary/aromatic N) is 2. The lowest BCUT2D eigenvalue weighted by Gasteiger charge is -2.09. The zero-order valence-electron chi connectivity index (χ0n) is 14.1. The van der Waals surface area contributed by atoms with Gasteiger partial charge in [0.05, 0.1) is 0 Å². The SMILES string of the molecule is O=C(O)NCc1ccc(COc2cccc(Oc3ccnc(Cl)n3)c2)cc1. The highest BCUT2D eigenvalue weighted by Crippen LogP contribution is 2.25. The summed E-state index contributed by atoms with van der Waals surface area (Å²) >= 11 is 5.75. The van der Waals surface area contributed by atoms with Crippen LogP contribution in [0.5, 0.6) is 17.4 Å². The minimum atomic E-state index is -1.05. The number of carbonyl (C=O) groups is 1. The lowest BCUT2D eigenvalue weighted by atomic mass is 10.1. The molecule has 0 atom stereocenters. The molecule has 0 radical (unpaired) electrons. The highest BCUT2D eigenvalue weighted by atomic mass is 35.5. The molecule has 8 heteroatoms. The standard InChI is InChI=1S/C19H16ClN3O4/c20-18-21-9-8-17(23-18)27-16-3-1-2-15(10-16)26-12-14-6-4-13(5-7-14)11-22-19(24)25/h1-10,22H,11-12H2,(H,24,25). The molecular formula is C19H16ClN3O4. The first kappa shape index (κ1) is 18.5. The zero-order chi connectivity index (χ0) is 19.1. The van der Waals surface area contributed by atoms with Crippen molar-refractivity contribution in [2.75, 3.05) is 0 Å². The fourth-order valence-electron chi connectivity index (χ4n) is 2.22. The van der Waals surface area contributed by atoms with Crippen LogP contribution in [0.2, 0.25) is 5.28 Å². The van der Waals surface area contributed by atoms with Crippen molar-refractivity contribution in [3.05, 3.63) is 77.2 Å². The Morgan fingerprint density at radius 1 is 1.07 bits per heavy atom. The zero-order valence-corrected chi connectivity index (χ0v) is 14.9. The summed E-state index contributed by atoms with van der Waals surface area (Å²) in [4.78, 5) is 18.3. The van der Waals surface area contributed by atoms with Crippen molar-refractivity contribution in [2.24, 2.45) is 0 Å². The molecule has 27 heavy (non-hydrogen) atoms. The van der Waals surface area contributed by atoms with Gasteiger partial charge in [0.25, 0.3) is 0 Å². The molecule has 0 unspecified atom stereocenters. The van der Waals surface area contributed by atoms with Crippen LogP contribution in [0.3, 0.4) is 0 Å². The van der Waals surface area contributed by atoms with Gasteiger partial charge in [-0.25, -0.2) is 9.78 Å². The third-order valence-corrected chi connectivity index (χ3v) is 3.68. The molecule has 1 heterocycles. The van der Waals surface area contributed by atoms with Gasteiger partial charge in [-0.3, -0.25) is 0 Å². The van der Waals surface area contributed by atoms with Crippen LogP contribution >= 0.6 is 11.6 Å². The van der Waals surface area contributed by atoms with Crippen molar-refractivity contribution in [3.8, 4) is 17.4 Å². The molecule has 0 aliphatic heterocycles. The molecule has 0 bridgehead atoms. The van der Waals surface area contributed by atoms with E-state index in [0.717, 1.165) is 11.1 Å². The van der Waals surface area contributed by atoms with Crippen LogP contribution in [0.15, 0.2) is 60.8 Å². The lowest BCUT2D eigenvalue weighted by Crippen LogP contribution is -2.19. The Morgan fingerprint density at radius 2 is 1.81 bits per heavy atom. The van der Waals surface area contributed by atoms with Crippen molar-refractivity contribution in [2.45, 2.75) is 13.2 Å². The predicted molar refractivity (Wildman–Crippen MR) is 99.2 cm³/mol. The fourth-order valence-corrected chi connectivity index (χ4v) is 2.36. The summed E-state index contributed by atoms with van der Waals surface area (Å²) in [6.07, 6.45) is 0.467. The molecule has 1 aromatic heterocycles. The summed E-state index contributed by atoms with van der Waals surface area (Å²) < 4.78 is 11.4. The minimum Gasteiger partial charge on any atom is -0.489 e. The minimum absolute atomic E-state index is 0.113. The average molecular weight is 386 g/mol. The Morgan fingerprint density at radius 3 is 2.56 bits per heavy atom. The Hall–Kier alpha value is -3.32. The normalized spacial score (nSPS) is 10.3. The van der Waals surface area contributed by atoms with E-state index in [1.165, 1.54) is 6.20 Å². The number of benzene rings is 2. The van der Waals surface area contributed by atoms with Crippen LogP contribution in [-0.4, -0.2) is 21.2 Å². The Balaban J connectivity index is 1.57. The van der Waals surface area contributed by atoms with Crippen LogP contribution < -0.4 is 14.8 Å². The Bertz CT molecular complexity index is 919. The fraction of sp³-hybridized carbons (Fsp3) is 0.105. The first-order valence-corrected chi connectivity index (χ1v) is 8.40. The van der Waals surface area contributed by atoms with E-state index in [1.54, 1.807) is 18.2 Å². The van der Waals surface area contributed by atoms with Crippen molar-refractivity contribution >= 4 is 17.7 Å². The van der Waals surface area contributed by atoms with Crippen LogP contribution in [0, 0.1) is 0 Å². The quantitative estimate of drug-likeness (QED) is 0.590. The van der Waals surface area contributed by atoms with Gasteiger partial charge in [-0.05, 0) is 34.9 Å². The number of rotatable bonds is 7. The lowest BCUT2D eigenvalue weighted by molar-refractivity contribution is 0.194. The summed E-state index contributed by atoms with van der Waals surface area (Å²) in [5.41, 5.74) is 1.84. The largest absolute Gasteiger partial charge is 0.489 e. The third kappa shape index (κ3) is 5.86. The van der Waals surface area contributed by atoms with E-state index in [4.69, 9.17) is 26.2 Å². The van der Waals surface area contributed by atoms with Gasteiger partial charge in [-0.15, -0.1) is 0 Å². The van der Waals surface area contributed by atoms with Gasteiger partial charge < -0.3 is 19.9 Å². The molecule has 0 saturated heterocycles. The van der Waals surface area contributed by atoms with E-state index < -0.39 is 6.09 Å². The van der Waals surface area contributed by atoms with Crippen molar-refractivity contribution in [1.29, 1.82) is 0 Å². The van der Waals surface area contributed by atoms with Crippen LogP contribution in [0.4, 0.5) is 4.79 Å². The highest BCUT2D eigenvalue weighted by Gasteiger charge is 2.03. The number of carboxylic acid groups (broad SMARTS) is 1. The molecule has 3 rings (SSSR count). The van der Waals surface area contributed by atoms with Gasteiger partial charge >= 0.3 is 6.09 Å². The second kappa shape index (κ2) is 8.86. The first-order valence-electron chi connectivity index (χ1n) is 8.02. The molecule has 2 N–H and O–H groups in total. The number of nitrogens with one attached hydrogen (secondary N) is 1. The third-order valence-electron chi connectivity index (χ3n) is 3.50. The molecule has 7 nitrogen and oxygen atoms in total. The van der Waals surface area contributed by atoms with Gasteiger partial charge in [-0.2, -0.15) is 4.98 Å². The van der Waals surface area contributed by atoms with E-state index in [1.807, 2.05) is 36.4 Å². The molecule has 0 aliphatic rings. The van der Waals surface area contributed by atoms with Gasteiger partial charge in [0.2, 0.25) is 11.2 Å². The maximum Gasteiger partial charge on any atom is 0.404 e. The first-order chi connectivity index (χ1) is 13.1. The van der Waals surface area contributed by atoms with E-state index >= 15 is 0 Å². The number of halogens is 1. The van der Waals surface area contributed by atoms with E-state index in [-0.39, 0.29) is 11.8 Å². The number of aromatic nitrogens is 2. The van der Waals surface area contributed by atoms with Crippen LogP contribution in [0.25, 0.3) is 0 Å². The average Bonchev–Trinajstić information content (AvgIpc) is 2.66. The molecule has 0 aliphatic carbocycles. The molecule has 0 saturated carbocycles. The summed E-state index contributed by atoms with van der Waals surface area (Å²) in [5, 5.41) is 11.0. The molecule has 0 fully saturated rings. The smallest absolute Gasteiger partial charge is 0.404 e. The second-order valence-electron chi connectivity index (χ2n) is 5.50. The summed E-state index contributed by atoms with van der Waals surface area (Å²) in [7, 11) is 0. The van der Waals surface area contributed by atoms with Crippen molar-refractivity contribution < 1.29 is 19.4 Å². The van der Waals surface area contributed by atoms with E-state index in [0.29, 0.717) is 24.0 Å². The van der Waals surface area contributed by atoms with Gasteiger partial charge in [-0.1, -0.05) is 30.3 Å². The maximum atomic E-state index is 10.5. The molecular weight excluding hydrogens is 370 g/mol. The highest BCUT2D eigenvalue weighted by molar-refractivity contribution is 6.28. The monoisotopic (exact) mass is 385 g/mol. The van der Waals surface area contributed by atoms with Crippen molar-refractivity contribution in [1.82, 2.24) is 15.3 Å². The molecule has 138 valence electrons. The predicted octanol–water partition coefficient (Wildman–Crippen LogP) is 4.27. The van der Waals surface area contributed by atoms with E-state index in [9.17, 15) is 4.79 Å². The van der Waals surface area contributed by atoms with Gasteiger partial charge in [0.1, 0.15) is 18.1 Å². The molecule has 3 aromatic rings. The van der Waals surface area contributed by atoms with Crippen LogP contribution in [-0.2, 0) is 13.2 Å². The number of hydrogen-bond donors (Lipinski definition) is 2. The molecule has 2 aromatic carbocycles. The number of amides is 1. The van der Waals surface area contributed by atoms with Gasteiger partial charge in [0, 0.05) is 24.9 Å². The Labute approximate surface area is 160 Å². The van der Waals surface area contributed by atoms with Crippen molar-refractivity contribution in [3.63, 3.8) is 0 Å². The van der Waals surface area contributed by atoms with E-state index in [2.05, 4.69) is 15.3 Å². The summed E-state index contributed by atoms with van der Waals surface area (Å²) in [5.74, 6) is 1.55. The summed E-state index contributed by atoms with van der Waals surface area (Å²) in [6, 6.07) is 16.3. The second-order valence-corrected chi connectivity index (χ2v) is 5.84. The topological polar surface area (TPSA) is 93.6 Å². The number of hydrogen-bond acceptors (Lipinski definition) is 5. The van der Waals surface area contributed by atoms with Gasteiger partial charge in [0.15, 0.2) is 0 Å². The maximum absolute atomic E-state index is 10.5. The molecule has 0 spiro atoms. The molecule has 1 amide bonds.